The number of halogens is 4. The van der Waals surface area contributed by atoms with Gasteiger partial charge in [0.1, 0.15) is 5.41 Å². The van der Waals surface area contributed by atoms with Crippen LogP contribution in [0.25, 0.3) is 0 Å². The quantitative estimate of drug-likeness (QED) is 0.783. The molecule has 4 nitrogen and oxygen atoms in total. The van der Waals surface area contributed by atoms with Crippen LogP contribution in [0.3, 0.4) is 0 Å². The average molecular weight is 389 g/mol. The van der Waals surface area contributed by atoms with Gasteiger partial charge >= 0.3 is 6.18 Å². The van der Waals surface area contributed by atoms with Crippen molar-refractivity contribution in [3.63, 3.8) is 0 Å². The number of carbonyl (C=O) groups is 2. The third-order valence-corrected chi connectivity index (χ3v) is 5.54. The van der Waals surface area contributed by atoms with Gasteiger partial charge in [0.05, 0.1) is 16.3 Å². The van der Waals surface area contributed by atoms with Crippen molar-refractivity contribution in [3.8, 4) is 0 Å². The number of alkyl halides is 3. The maximum Gasteiger partial charge on any atom is 0.416 e. The maximum atomic E-state index is 12.9. The van der Waals surface area contributed by atoms with Crippen molar-refractivity contribution in [2.24, 2.45) is 11.3 Å². The van der Waals surface area contributed by atoms with Crippen LogP contribution in [0.1, 0.15) is 38.2 Å². The summed E-state index contributed by atoms with van der Waals surface area (Å²) in [6.45, 7) is 3.34. The fourth-order valence-electron chi connectivity index (χ4n) is 3.22. The summed E-state index contributed by atoms with van der Waals surface area (Å²) in [5.41, 5.74) is -2.20. The van der Waals surface area contributed by atoms with Crippen molar-refractivity contribution in [1.82, 2.24) is 4.90 Å². The number of anilines is 1. The molecule has 0 aromatic heterocycles. The van der Waals surface area contributed by atoms with Crippen LogP contribution in [0.5, 0.6) is 0 Å². The number of carbonyl (C=O) groups excluding carboxylic acids is 2. The molecular weight excluding hydrogens is 369 g/mol. The number of rotatable bonds is 3. The summed E-state index contributed by atoms with van der Waals surface area (Å²) in [5, 5.41) is 2.44. The largest absolute Gasteiger partial charge is 0.416 e. The van der Waals surface area contributed by atoms with Gasteiger partial charge in [0.25, 0.3) is 0 Å². The van der Waals surface area contributed by atoms with Gasteiger partial charge in [-0.2, -0.15) is 13.2 Å². The predicted octanol–water partition coefficient (Wildman–Crippen LogP) is 4.34. The van der Waals surface area contributed by atoms with Gasteiger partial charge in [0.2, 0.25) is 11.8 Å². The number of benzene rings is 1. The average Bonchev–Trinajstić information content (AvgIpc) is 3.38. The lowest BCUT2D eigenvalue weighted by molar-refractivity contribution is -0.143. The van der Waals surface area contributed by atoms with Gasteiger partial charge in [-0.3, -0.25) is 9.59 Å². The van der Waals surface area contributed by atoms with Gasteiger partial charge < -0.3 is 10.2 Å². The second-order valence-electron chi connectivity index (χ2n) is 7.20. The van der Waals surface area contributed by atoms with E-state index < -0.39 is 23.1 Å². The molecule has 1 aliphatic heterocycles. The summed E-state index contributed by atoms with van der Waals surface area (Å²) in [7, 11) is 0. The third kappa shape index (κ3) is 3.68. The molecule has 0 unspecified atom stereocenters. The monoisotopic (exact) mass is 388 g/mol. The molecule has 3 rings (SSSR count). The van der Waals surface area contributed by atoms with E-state index in [9.17, 15) is 22.8 Å². The van der Waals surface area contributed by atoms with E-state index in [1.807, 2.05) is 0 Å². The van der Waals surface area contributed by atoms with E-state index in [2.05, 4.69) is 12.2 Å². The molecule has 0 radical (unpaired) electrons. The minimum Gasteiger partial charge on any atom is -0.342 e. The molecular formula is C18H20ClF3N2O2. The normalized spacial score (nSPS) is 20.0. The summed E-state index contributed by atoms with van der Waals surface area (Å²) in [6.07, 6.45) is -1.95. The number of likely N-dealkylation sites (tertiary alicyclic amines) is 1. The van der Waals surface area contributed by atoms with Crippen molar-refractivity contribution in [2.45, 2.75) is 38.8 Å². The second kappa shape index (κ2) is 6.76. The molecule has 0 spiro atoms. The lowest BCUT2D eigenvalue weighted by atomic mass is 9.96. The van der Waals surface area contributed by atoms with Crippen LogP contribution in [-0.2, 0) is 15.8 Å². The van der Waals surface area contributed by atoms with E-state index in [1.165, 1.54) is 0 Å². The molecule has 1 N–H and O–H groups in total. The molecule has 1 saturated carbocycles. The fraction of sp³-hybridized carbons (Fsp3) is 0.556. The lowest BCUT2D eigenvalue weighted by Gasteiger charge is -2.32. The molecule has 26 heavy (non-hydrogen) atoms. The van der Waals surface area contributed by atoms with E-state index in [4.69, 9.17) is 11.6 Å². The van der Waals surface area contributed by atoms with E-state index in [0.29, 0.717) is 31.8 Å². The molecule has 2 amide bonds. The minimum atomic E-state index is -4.54. The van der Waals surface area contributed by atoms with Crippen molar-refractivity contribution in [1.29, 1.82) is 0 Å². The number of nitrogens with zero attached hydrogens (tertiary/aromatic N) is 1. The standard InChI is InChI=1S/C18H20ClF3N2O2/c1-11-4-8-24(9-5-11)16(26)17(6-7-17)15(25)23-14-10-12(18(20,21)22)2-3-13(14)19/h2-3,10-11H,4-9H2,1H3,(H,23,25). The van der Waals surface area contributed by atoms with Crippen molar-refractivity contribution in [3.05, 3.63) is 28.8 Å². The van der Waals surface area contributed by atoms with Crippen molar-refractivity contribution < 1.29 is 22.8 Å². The molecule has 2 fully saturated rings. The van der Waals surface area contributed by atoms with Gasteiger partial charge in [-0.05, 0) is 49.8 Å². The topological polar surface area (TPSA) is 49.4 Å². The number of amides is 2. The summed E-state index contributed by atoms with van der Waals surface area (Å²) in [6, 6.07) is 2.74. The molecule has 142 valence electrons. The number of nitrogens with one attached hydrogen (secondary N) is 1. The highest BCUT2D eigenvalue weighted by atomic mass is 35.5. The Kier molecular flexibility index (Phi) is 4.94. The first-order valence-corrected chi connectivity index (χ1v) is 8.99. The number of piperidine rings is 1. The zero-order valence-electron chi connectivity index (χ0n) is 14.3. The Labute approximate surface area is 154 Å². The Hall–Kier alpha value is -1.76. The van der Waals surface area contributed by atoms with Gasteiger partial charge in [-0.25, -0.2) is 0 Å². The zero-order chi connectivity index (χ0) is 19.1. The van der Waals surface area contributed by atoms with E-state index in [1.54, 1.807) is 4.90 Å². The molecule has 2 aliphatic rings. The Balaban J connectivity index is 1.75. The first-order chi connectivity index (χ1) is 12.1. The first kappa shape index (κ1) is 19.0. The van der Waals surface area contributed by atoms with E-state index in [-0.39, 0.29) is 16.6 Å². The van der Waals surface area contributed by atoms with Crippen LogP contribution in [-0.4, -0.2) is 29.8 Å². The third-order valence-electron chi connectivity index (χ3n) is 5.21. The molecule has 1 aromatic rings. The molecule has 0 atom stereocenters. The molecule has 1 saturated heterocycles. The maximum absolute atomic E-state index is 12.9. The second-order valence-corrected chi connectivity index (χ2v) is 7.61. The lowest BCUT2D eigenvalue weighted by Crippen LogP contribution is -2.46. The highest BCUT2D eigenvalue weighted by Gasteiger charge is 2.58. The SMILES string of the molecule is CC1CCN(C(=O)C2(C(=O)Nc3cc(C(F)(F)F)ccc3Cl)CC2)CC1. The van der Waals surface area contributed by atoms with E-state index in [0.717, 1.165) is 31.0 Å². The van der Waals surface area contributed by atoms with Gasteiger partial charge in [0.15, 0.2) is 0 Å². The molecule has 1 aliphatic carbocycles. The summed E-state index contributed by atoms with van der Waals surface area (Å²) in [5.74, 6) is -0.265. The van der Waals surface area contributed by atoms with Crippen LogP contribution in [0.4, 0.5) is 18.9 Å². The summed E-state index contributed by atoms with van der Waals surface area (Å²) < 4.78 is 38.6. The van der Waals surface area contributed by atoms with Crippen LogP contribution < -0.4 is 5.32 Å². The highest BCUT2D eigenvalue weighted by molar-refractivity contribution is 6.34. The first-order valence-electron chi connectivity index (χ1n) is 8.61. The van der Waals surface area contributed by atoms with Gasteiger partial charge in [-0.15, -0.1) is 0 Å². The Morgan fingerprint density at radius 3 is 2.38 bits per heavy atom. The smallest absolute Gasteiger partial charge is 0.342 e. The minimum absolute atomic E-state index is 0.00129. The Morgan fingerprint density at radius 2 is 1.85 bits per heavy atom. The predicted molar refractivity (Wildman–Crippen MR) is 91.7 cm³/mol. The number of hydrogen-bond donors (Lipinski definition) is 1. The highest BCUT2D eigenvalue weighted by Crippen LogP contribution is 2.49. The van der Waals surface area contributed by atoms with Gasteiger partial charge in [-0.1, -0.05) is 18.5 Å². The Morgan fingerprint density at radius 1 is 1.23 bits per heavy atom. The van der Waals surface area contributed by atoms with E-state index >= 15 is 0 Å². The number of hydrogen-bond acceptors (Lipinski definition) is 2. The van der Waals surface area contributed by atoms with Crippen LogP contribution in [0.2, 0.25) is 5.02 Å². The summed E-state index contributed by atoms with van der Waals surface area (Å²) >= 11 is 5.93. The zero-order valence-corrected chi connectivity index (χ0v) is 15.1. The molecule has 1 heterocycles. The molecule has 0 bridgehead atoms. The molecule has 8 heteroatoms. The van der Waals surface area contributed by atoms with Crippen LogP contribution in [0, 0.1) is 11.3 Å². The van der Waals surface area contributed by atoms with Crippen LogP contribution in [0.15, 0.2) is 18.2 Å². The van der Waals surface area contributed by atoms with Crippen molar-refractivity contribution in [2.75, 3.05) is 18.4 Å². The van der Waals surface area contributed by atoms with Crippen molar-refractivity contribution >= 4 is 29.1 Å². The molecule has 1 aromatic carbocycles. The fourth-order valence-corrected chi connectivity index (χ4v) is 3.38. The van der Waals surface area contributed by atoms with Gasteiger partial charge in [0, 0.05) is 13.1 Å². The Bertz CT molecular complexity index is 724. The summed E-state index contributed by atoms with van der Waals surface area (Å²) in [4.78, 5) is 27.1. The van der Waals surface area contributed by atoms with Crippen LogP contribution >= 0.6 is 11.6 Å².